The fraction of sp³-hybridized carbons (Fsp3) is 0.423. The summed E-state index contributed by atoms with van der Waals surface area (Å²) >= 11 is 0. The van der Waals surface area contributed by atoms with Gasteiger partial charge in [-0.05, 0) is 49.9 Å². The van der Waals surface area contributed by atoms with Crippen LogP contribution in [0.15, 0.2) is 53.5 Å². The molecule has 4 rings (SSSR count). The first-order valence-electron chi connectivity index (χ1n) is 11.9. The Labute approximate surface area is 219 Å². The van der Waals surface area contributed by atoms with Crippen LogP contribution in [0.3, 0.4) is 0 Å². The largest absolute Gasteiger partial charge is 0.357 e. The van der Waals surface area contributed by atoms with Crippen LogP contribution in [0.25, 0.3) is 11.0 Å². The summed E-state index contributed by atoms with van der Waals surface area (Å²) in [5, 5.41) is 6.77. The zero-order valence-corrected chi connectivity index (χ0v) is 22.4. The van der Waals surface area contributed by atoms with Crippen molar-refractivity contribution in [2.75, 3.05) is 19.6 Å². The molecule has 0 bridgehead atoms. The van der Waals surface area contributed by atoms with Crippen molar-refractivity contribution in [2.24, 2.45) is 4.99 Å². The molecule has 2 aromatic carbocycles. The number of nitrogens with one attached hydrogen (secondary N) is 2. The van der Waals surface area contributed by atoms with Crippen LogP contribution in [0.5, 0.6) is 0 Å². The first-order chi connectivity index (χ1) is 16.1. The topological polar surface area (TPSA) is 74.6 Å². The first kappa shape index (κ1) is 26.0. The fourth-order valence-electron chi connectivity index (χ4n) is 4.28. The Kier molecular flexibility index (Phi) is 9.74. The third-order valence-corrected chi connectivity index (χ3v) is 6.03. The molecular formula is C26H35IN6O. The third kappa shape index (κ3) is 6.71. The van der Waals surface area contributed by atoms with E-state index in [0.717, 1.165) is 61.9 Å². The predicted molar refractivity (Wildman–Crippen MR) is 148 cm³/mol. The molecule has 0 saturated carbocycles. The summed E-state index contributed by atoms with van der Waals surface area (Å²) in [6, 6.07) is 16.7. The number of halogens is 1. The maximum atomic E-state index is 11.8. The van der Waals surface area contributed by atoms with Gasteiger partial charge in [-0.25, -0.2) is 9.98 Å². The van der Waals surface area contributed by atoms with E-state index in [4.69, 9.17) is 4.99 Å². The molecular weight excluding hydrogens is 539 g/mol. The van der Waals surface area contributed by atoms with Gasteiger partial charge in [0.1, 0.15) is 5.82 Å². The molecule has 0 unspecified atom stereocenters. The zero-order chi connectivity index (χ0) is 23.0. The molecule has 1 aliphatic heterocycles. The number of aryl methyl sites for hydroxylation is 2. The molecule has 2 heterocycles. The summed E-state index contributed by atoms with van der Waals surface area (Å²) in [4.78, 5) is 23.1. The van der Waals surface area contributed by atoms with Crippen molar-refractivity contribution in [1.29, 1.82) is 0 Å². The van der Waals surface area contributed by atoms with Gasteiger partial charge in [0.25, 0.3) is 0 Å². The smallest absolute Gasteiger partial charge is 0.222 e. The van der Waals surface area contributed by atoms with E-state index in [-0.39, 0.29) is 29.9 Å². The number of hydrogen-bond donors (Lipinski definition) is 2. The van der Waals surface area contributed by atoms with Crippen molar-refractivity contribution >= 4 is 46.9 Å². The summed E-state index contributed by atoms with van der Waals surface area (Å²) < 4.78 is 2.28. The van der Waals surface area contributed by atoms with E-state index in [0.29, 0.717) is 19.5 Å². The van der Waals surface area contributed by atoms with Crippen LogP contribution >= 0.6 is 24.0 Å². The molecule has 0 aliphatic carbocycles. The molecule has 1 saturated heterocycles. The highest BCUT2D eigenvalue weighted by Crippen LogP contribution is 2.16. The minimum Gasteiger partial charge on any atom is -0.357 e. The second-order valence-electron chi connectivity index (χ2n) is 8.51. The molecule has 34 heavy (non-hydrogen) atoms. The van der Waals surface area contributed by atoms with Gasteiger partial charge < -0.3 is 20.1 Å². The molecule has 0 atom stereocenters. The maximum absolute atomic E-state index is 11.8. The molecule has 0 radical (unpaired) electrons. The van der Waals surface area contributed by atoms with Gasteiger partial charge in [0, 0.05) is 39.1 Å². The number of amides is 1. The van der Waals surface area contributed by atoms with E-state index in [2.05, 4.69) is 76.5 Å². The van der Waals surface area contributed by atoms with Crippen molar-refractivity contribution in [3.8, 4) is 0 Å². The summed E-state index contributed by atoms with van der Waals surface area (Å²) in [6.45, 7) is 8.90. The Hall–Kier alpha value is -2.62. The van der Waals surface area contributed by atoms with Crippen molar-refractivity contribution in [3.05, 3.63) is 65.5 Å². The van der Waals surface area contributed by atoms with Gasteiger partial charge in [-0.2, -0.15) is 0 Å². The molecule has 1 aromatic heterocycles. The number of imidazole rings is 1. The van der Waals surface area contributed by atoms with Crippen LogP contribution in [0.4, 0.5) is 0 Å². The Morgan fingerprint density at radius 1 is 1.09 bits per heavy atom. The quantitative estimate of drug-likeness (QED) is 0.174. The average molecular weight is 575 g/mol. The minimum absolute atomic E-state index is 0. The van der Waals surface area contributed by atoms with Gasteiger partial charge >= 0.3 is 0 Å². The highest BCUT2D eigenvalue weighted by atomic mass is 127. The minimum atomic E-state index is 0. The van der Waals surface area contributed by atoms with Crippen LogP contribution in [0, 0.1) is 6.92 Å². The normalized spacial score (nSPS) is 13.9. The average Bonchev–Trinajstić information content (AvgIpc) is 3.37. The number of aliphatic imine (C=N–C) groups is 1. The van der Waals surface area contributed by atoms with E-state index in [1.54, 1.807) is 0 Å². The summed E-state index contributed by atoms with van der Waals surface area (Å²) in [5.74, 6) is 2.15. The second kappa shape index (κ2) is 12.7. The monoisotopic (exact) mass is 574 g/mol. The van der Waals surface area contributed by atoms with Gasteiger partial charge in [-0.1, -0.05) is 36.4 Å². The van der Waals surface area contributed by atoms with Gasteiger partial charge in [0.2, 0.25) is 5.91 Å². The lowest BCUT2D eigenvalue weighted by molar-refractivity contribution is -0.128. The number of likely N-dealkylation sites (tertiary alicyclic amines) is 1. The lowest BCUT2D eigenvalue weighted by atomic mass is 10.1. The van der Waals surface area contributed by atoms with Crippen molar-refractivity contribution < 1.29 is 4.79 Å². The van der Waals surface area contributed by atoms with Crippen LogP contribution < -0.4 is 10.6 Å². The van der Waals surface area contributed by atoms with Crippen LogP contribution in [-0.4, -0.2) is 46.0 Å². The Morgan fingerprint density at radius 2 is 1.85 bits per heavy atom. The zero-order valence-electron chi connectivity index (χ0n) is 20.1. The molecule has 0 spiro atoms. The third-order valence-electron chi connectivity index (χ3n) is 6.03. The second-order valence-corrected chi connectivity index (χ2v) is 8.51. The number of aromatic nitrogens is 2. The van der Waals surface area contributed by atoms with E-state index in [9.17, 15) is 4.79 Å². The summed E-state index contributed by atoms with van der Waals surface area (Å²) in [5.41, 5.74) is 4.57. The van der Waals surface area contributed by atoms with Gasteiger partial charge in [0.05, 0.1) is 17.6 Å². The Morgan fingerprint density at radius 3 is 2.59 bits per heavy atom. The molecule has 8 heteroatoms. The SMILES string of the molecule is CCNC(=NCc1ccc(CN2CCCC2=O)cc1)NCCCn1c(C)nc2ccccc21.I. The van der Waals surface area contributed by atoms with Gasteiger partial charge in [0.15, 0.2) is 5.96 Å². The number of carbonyl (C=O) groups excluding carboxylic acids is 1. The fourth-order valence-corrected chi connectivity index (χ4v) is 4.28. The van der Waals surface area contributed by atoms with E-state index in [1.165, 1.54) is 11.1 Å². The molecule has 182 valence electrons. The number of fused-ring (bicyclic) bond motifs is 1. The molecule has 1 aliphatic rings. The van der Waals surface area contributed by atoms with E-state index < -0.39 is 0 Å². The molecule has 1 fully saturated rings. The van der Waals surface area contributed by atoms with Crippen LogP contribution in [-0.2, 0) is 24.4 Å². The highest BCUT2D eigenvalue weighted by Gasteiger charge is 2.19. The highest BCUT2D eigenvalue weighted by molar-refractivity contribution is 14.0. The lowest BCUT2D eigenvalue weighted by Gasteiger charge is -2.15. The maximum Gasteiger partial charge on any atom is 0.222 e. The van der Waals surface area contributed by atoms with Gasteiger partial charge in [-0.3, -0.25) is 4.79 Å². The lowest BCUT2D eigenvalue weighted by Crippen LogP contribution is -2.38. The van der Waals surface area contributed by atoms with Crippen LogP contribution in [0.1, 0.15) is 43.1 Å². The number of benzene rings is 2. The molecule has 2 N–H and O–H groups in total. The van der Waals surface area contributed by atoms with Crippen molar-refractivity contribution in [1.82, 2.24) is 25.1 Å². The number of hydrogen-bond acceptors (Lipinski definition) is 3. The van der Waals surface area contributed by atoms with E-state index in [1.807, 2.05) is 11.0 Å². The number of carbonyl (C=O) groups is 1. The summed E-state index contributed by atoms with van der Waals surface area (Å²) in [7, 11) is 0. The number of rotatable bonds is 9. The number of nitrogens with zero attached hydrogens (tertiary/aromatic N) is 4. The molecule has 3 aromatic rings. The molecule has 1 amide bonds. The predicted octanol–water partition coefficient (Wildman–Crippen LogP) is 4.23. The van der Waals surface area contributed by atoms with Crippen molar-refractivity contribution in [3.63, 3.8) is 0 Å². The first-order valence-corrected chi connectivity index (χ1v) is 11.9. The van der Waals surface area contributed by atoms with Gasteiger partial charge in [-0.15, -0.1) is 24.0 Å². The molecule has 7 nitrogen and oxygen atoms in total. The van der Waals surface area contributed by atoms with E-state index >= 15 is 0 Å². The Bertz CT molecular complexity index is 1110. The number of guanidine groups is 1. The number of para-hydroxylation sites is 2. The van der Waals surface area contributed by atoms with Crippen LogP contribution in [0.2, 0.25) is 0 Å². The standard InChI is InChI=1S/C26H34N6O.HI/c1-3-27-26(28-15-7-17-32-20(2)30-23-8-4-5-9-24(23)32)29-18-21-11-13-22(14-12-21)19-31-16-6-10-25(31)33;/h4-5,8-9,11-14H,3,6-7,10,15-19H2,1-2H3,(H2,27,28,29);1H. The Balaban J connectivity index is 0.00000324. The van der Waals surface area contributed by atoms with Crippen molar-refractivity contribution in [2.45, 2.75) is 52.7 Å². The summed E-state index contributed by atoms with van der Waals surface area (Å²) in [6.07, 6.45) is 2.64.